The molecule has 1 aliphatic heterocycles. The number of nitrogens with one attached hydrogen (secondary N) is 1. The molecule has 0 aliphatic carbocycles. The summed E-state index contributed by atoms with van der Waals surface area (Å²) in [5.41, 5.74) is 6.68. The SMILES string of the molecule is CCCc1ccc(C(=O)Oc2ccc3c(c2)C(C)N(c2nc(Nc4ccc(F)cc4)nc(C)c2C)CC3)cc1. The summed E-state index contributed by atoms with van der Waals surface area (Å²) in [7, 11) is 0. The Labute approximate surface area is 228 Å². The number of fused-ring (bicyclic) bond motifs is 1. The number of nitrogens with zero attached hydrogens (tertiary/aromatic N) is 3. The number of hydrogen-bond acceptors (Lipinski definition) is 6. The van der Waals surface area contributed by atoms with Crippen LogP contribution in [0.5, 0.6) is 5.75 Å². The molecule has 200 valence electrons. The molecule has 0 fully saturated rings. The molecule has 0 saturated carbocycles. The third-order valence-electron chi connectivity index (χ3n) is 7.33. The number of halogens is 1. The average molecular weight is 525 g/mol. The molecule has 5 rings (SSSR count). The Bertz CT molecular complexity index is 1490. The van der Waals surface area contributed by atoms with Crippen molar-refractivity contribution >= 4 is 23.4 Å². The lowest BCUT2D eigenvalue weighted by Crippen LogP contribution is -2.35. The molecule has 1 aromatic heterocycles. The van der Waals surface area contributed by atoms with Crippen LogP contribution in [0.2, 0.25) is 0 Å². The van der Waals surface area contributed by atoms with Gasteiger partial charge in [-0.3, -0.25) is 0 Å². The second kappa shape index (κ2) is 11.2. The number of anilines is 3. The monoisotopic (exact) mass is 524 g/mol. The largest absolute Gasteiger partial charge is 0.423 e. The quantitative estimate of drug-likeness (QED) is 0.203. The van der Waals surface area contributed by atoms with E-state index in [2.05, 4.69) is 35.1 Å². The van der Waals surface area contributed by atoms with Gasteiger partial charge in [0.1, 0.15) is 17.4 Å². The van der Waals surface area contributed by atoms with Crippen LogP contribution in [0.25, 0.3) is 0 Å². The molecule has 1 aliphatic rings. The van der Waals surface area contributed by atoms with Gasteiger partial charge in [-0.1, -0.05) is 31.5 Å². The fourth-order valence-corrected chi connectivity index (χ4v) is 5.02. The van der Waals surface area contributed by atoms with Crippen LogP contribution in [0.15, 0.2) is 66.7 Å². The number of carbonyl (C=O) groups excluding carboxylic acids is 1. The van der Waals surface area contributed by atoms with Gasteiger partial charge in [-0.25, -0.2) is 14.2 Å². The van der Waals surface area contributed by atoms with E-state index < -0.39 is 0 Å². The van der Waals surface area contributed by atoms with Gasteiger partial charge in [0.05, 0.1) is 11.6 Å². The second-order valence-electron chi connectivity index (χ2n) is 10.0. The summed E-state index contributed by atoms with van der Waals surface area (Å²) in [6.45, 7) is 9.06. The standard InChI is InChI=1S/C32H33FN4O2/c1-5-6-23-7-9-25(10-8-23)31(38)39-28-16-11-24-17-18-37(22(4)29(24)19-28)30-20(2)21(3)34-32(36-30)35-27-14-12-26(33)13-15-27/h7-16,19,22H,5-6,17-18H2,1-4H3,(H,34,35,36). The number of rotatable bonds is 7. The van der Waals surface area contributed by atoms with Crippen molar-refractivity contribution in [3.63, 3.8) is 0 Å². The molecule has 0 bridgehead atoms. The molecule has 1 atom stereocenters. The first kappa shape index (κ1) is 26.4. The molecule has 0 radical (unpaired) electrons. The van der Waals surface area contributed by atoms with Crippen molar-refractivity contribution in [2.75, 3.05) is 16.8 Å². The summed E-state index contributed by atoms with van der Waals surface area (Å²) < 4.78 is 19.1. The number of benzene rings is 3. The molecule has 2 heterocycles. The highest BCUT2D eigenvalue weighted by atomic mass is 19.1. The molecule has 6 nitrogen and oxygen atoms in total. The zero-order chi connectivity index (χ0) is 27.5. The first-order chi connectivity index (χ1) is 18.8. The lowest BCUT2D eigenvalue weighted by atomic mass is 9.93. The normalized spacial score (nSPS) is 14.6. The van der Waals surface area contributed by atoms with Crippen molar-refractivity contribution in [2.45, 2.75) is 53.0 Å². The van der Waals surface area contributed by atoms with Crippen LogP contribution >= 0.6 is 0 Å². The maximum atomic E-state index is 13.3. The zero-order valence-electron chi connectivity index (χ0n) is 22.8. The Morgan fingerprint density at radius 2 is 1.79 bits per heavy atom. The summed E-state index contributed by atoms with van der Waals surface area (Å²) in [6, 6.07) is 19.7. The van der Waals surface area contributed by atoms with Gasteiger partial charge in [0.2, 0.25) is 5.95 Å². The van der Waals surface area contributed by atoms with Gasteiger partial charge < -0.3 is 15.0 Å². The van der Waals surface area contributed by atoms with Gasteiger partial charge in [0.25, 0.3) is 0 Å². The first-order valence-electron chi connectivity index (χ1n) is 13.4. The molecular formula is C32H33FN4O2. The maximum Gasteiger partial charge on any atom is 0.343 e. The number of aryl methyl sites for hydroxylation is 2. The van der Waals surface area contributed by atoms with Gasteiger partial charge in [-0.05, 0) is 98.8 Å². The van der Waals surface area contributed by atoms with Crippen molar-refractivity contribution in [3.05, 3.63) is 106 Å². The highest BCUT2D eigenvalue weighted by Crippen LogP contribution is 2.37. The van der Waals surface area contributed by atoms with Crippen molar-refractivity contribution in [1.82, 2.24) is 9.97 Å². The highest BCUT2D eigenvalue weighted by molar-refractivity contribution is 5.91. The van der Waals surface area contributed by atoms with E-state index in [1.807, 2.05) is 50.2 Å². The fraction of sp³-hybridized carbons (Fsp3) is 0.281. The van der Waals surface area contributed by atoms with Crippen LogP contribution in [-0.4, -0.2) is 22.5 Å². The molecule has 1 N–H and O–H groups in total. The van der Waals surface area contributed by atoms with E-state index in [1.165, 1.54) is 23.3 Å². The third-order valence-corrected chi connectivity index (χ3v) is 7.33. The summed E-state index contributed by atoms with van der Waals surface area (Å²) in [6.07, 6.45) is 2.90. The smallest absolute Gasteiger partial charge is 0.343 e. The van der Waals surface area contributed by atoms with Gasteiger partial charge in [0.15, 0.2) is 0 Å². The second-order valence-corrected chi connectivity index (χ2v) is 10.0. The molecule has 0 spiro atoms. The highest BCUT2D eigenvalue weighted by Gasteiger charge is 2.28. The Balaban J connectivity index is 1.37. The number of esters is 1. The van der Waals surface area contributed by atoms with Gasteiger partial charge >= 0.3 is 5.97 Å². The summed E-state index contributed by atoms with van der Waals surface area (Å²) in [5, 5.41) is 3.20. The van der Waals surface area contributed by atoms with Crippen molar-refractivity contribution in [3.8, 4) is 5.75 Å². The van der Waals surface area contributed by atoms with E-state index in [0.717, 1.165) is 48.4 Å². The van der Waals surface area contributed by atoms with Crippen LogP contribution < -0.4 is 15.0 Å². The molecule has 0 amide bonds. The molecule has 1 unspecified atom stereocenters. The predicted molar refractivity (Wildman–Crippen MR) is 152 cm³/mol. The Hall–Kier alpha value is -4.26. The van der Waals surface area contributed by atoms with Crippen molar-refractivity contribution in [2.24, 2.45) is 0 Å². The minimum absolute atomic E-state index is 0.00685. The summed E-state index contributed by atoms with van der Waals surface area (Å²) in [5.74, 6) is 1.18. The van der Waals surface area contributed by atoms with Crippen LogP contribution in [0.1, 0.15) is 64.6 Å². The topological polar surface area (TPSA) is 67.3 Å². The van der Waals surface area contributed by atoms with Crippen LogP contribution in [-0.2, 0) is 12.8 Å². The molecule has 7 heteroatoms. The van der Waals surface area contributed by atoms with E-state index >= 15 is 0 Å². The minimum Gasteiger partial charge on any atom is -0.423 e. The number of hydrogen-bond donors (Lipinski definition) is 1. The number of carbonyl (C=O) groups is 1. The summed E-state index contributed by atoms with van der Waals surface area (Å²) in [4.78, 5) is 24.6. The van der Waals surface area contributed by atoms with Crippen LogP contribution in [0, 0.1) is 19.7 Å². The van der Waals surface area contributed by atoms with Gasteiger partial charge in [0, 0.05) is 23.5 Å². The summed E-state index contributed by atoms with van der Waals surface area (Å²) >= 11 is 0. The van der Waals surface area contributed by atoms with Crippen molar-refractivity contribution < 1.29 is 13.9 Å². The molecule has 4 aromatic rings. The van der Waals surface area contributed by atoms with Crippen LogP contribution in [0.3, 0.4) is 0 Å². The lowest BCUT2D eigenvalue weighted by Gasteiger charge is -2.37. The Morgan fingerprint density at radius 3 is 2.51 bits per heavy atom. The molecule has 0 saturated heterocycles. The Morgan fingerprint density at radius 1 is 1.05 bits per heavy atom. The average Bonchev–Trinajstić information content (AvgIpc) is 2.93. The van der Waals surface area contributed by atoms with Crippen LogP contribution in [0.4, 0.5) is 21.8 Å². The molecule has 39 heavy (non-hydrogen) atoms. The Kier molecular flexibility index (Phi) is 7.59. The third kappa shape index (κ3) is 5.77. The van der Waals surface area contributed by atoms with E-state index in [4.69, 9.17) is 9.72 Å². The van der Waals surface area contributed by atoms with E-state index in [9.17, 15) is 9.18 Å². The molecular weight excluding hydrogens is 491 g/mol. The van der Waals surface area contributed by atoms with Gasteiger partial charge in [-0.2, -0.15) is 4.98 Å². The zero-order valence-corrected chi connectivity index (χ0v) is 22.8. The van der Waals surface area contributed by atoms with Crippen molar-refractivity contribution in [1.29, 1.82) is 0 Å². The first-order valence-corrected chi connectivity index (χ1v) is 13.4. The minimum atomic E-state index is -0.364. The maximum absolute atomic E-state index is 13.3. The van der Waals surface area contributed by atoms with Gasteiger partial charge in [-0.15, -0.1) is 0 Å². The number of ether oxygens (including phenoxy) is 1. The molecule has 3 aromatic carbocycles. The van der Waals surface area contributed by atoms with E-state index in [-0.39, 0.29) is 17.8 Å². The predicted octanol–water partition coefficient (Wildman–Crippen LogP) is 7.27. The van der Waals surface area contributed by atoms with E-state index in [0.29, 0.717) is 22.9 Å². The number of aromatic nitrogens is 2. The lowest BCUT2D eigenvalue weighted by molar-refractivity contribution is 0.0734. The fourth-order valence-electron chi connectivity index (χ4n) is 5.02. The van der Waals surface area contributed by atoms with E-state index in [1.54, 1.807) is 12.1 Å².